The van der Waals surface area contributed by atoms with Gasteiger partial charge in [0.25, 0.3) is 5.91 Å². The summed E-state index contributed by atoms with van der Waals surface area (Å²) in [6, 6.07) is 14.6. The molecule has 6 nitrogen and oxygen atoms in total. The molecule has 0 aromatic heterocycles. The number of carboxylic acid groups (broad SMARTS) is 1. The first-order chi connectivity index (χ1) is 13.7. The number of carbonyl (C=O) groups excluding carboxylic acids is 1. The fourth-order valence-corrected chi connectivity index (χ4v) is 2.92. The van der Waals surface area contributed by atoms with Gasteiger partial charge >= 0.3 is 5.97 Å². The van der Waals surface area contributed by atoms with Gasteiger partial charge < -0.3 is 15.2 Å². The molecule has 0 bridgehead atoms. The molecule has 2 atom stereocenters. The van der Waals surface area contributed by atoms with Crippen molar-refractivity contribution in [3.63, 3.8) is 0 Å². The van der Waals surface area contributed by atoms with Crippen molar-refractivity contribution in [2.45, 2.75) is 52.1 Å². The Bertz CT molecular complexity index is 913. The zero-order chi connectivity index (χ0) is 21.6. The third-order valence-corrected chi connectivity index (χ3v) is 4.58. The quantitative estimate of drug-likeness (QED) is 0.681. The number of hydrogen-bond acceptors (Lipinski definition) is 4. The number of carboxylic acids is 1. The van der Waals surface area contributed by atoms with E-state index in [9.17, 15) is 9.59 Å². The molecule has 0 aliphatic rings. The van der Waals surface area contributed by atoms with Crippen molar-refractivity contribution in [1.82, 2.24) is 0 Å². The number of rotatable bonds is 8. The molecule has 6 heteroatoms. The maximum Gasteiger partial charge on any atom is 0.305 e. The summed E-state index contributed by atoms with van der Waals surface area (Å²) in [7, 11) is 0. The molecule has 0 fully saturated rings. The van der Waals surface area contributed by atoms with Crippen molar-refractivity contribution < 1.29 is 19.4 Å². The second-order valence-corrected chi connectivity index (χ2v) is 7.35. The molecular formula is C23H26N2O4. The third-order valence-electron chi connectivity index (χ3n) is 4.58. The predicted octanol–water partition coefficient (Wildman–Crippen LogP) is 4.61. The first-order valence-corrected chi connectivity index (χ1v) is 9.50. The Kier molecular flexibility index (Phi) is 7.38. The van der Waals surface area contributed by atoms with Crippen LogP contribution in [-0.2, 0) is 9.59 Å². The first kappa shape index (κ1) is 22.0. The maximum atomic E-state index is 12.5. The molecule has 0 spiro atoms. The number of aliphatic carboxylic acids is 1. The molecule has 2 aromatic carbocycles. The minimum absolute atomic E-state index is 0.262. The number of aryl methyl sites for hydroxylation is 1. The van der Waals surface area contributed by atoms with E-state index in [1.165, 1.54) is 0 Å². The highest BCUT2D eigenvalue weighted by Gasteiger charge is 2.19. The molecule has 0 aliphatic carbocycles. The highest BCUT2D eigenvalue weighted by molar-refractivity contribution is 5.94. The number of anilines is 1. The van der Waals surface area contributed by atoms with Gasteiger partial charge in [-0.1, -0.05) is 38.1 Å². The van der Waals surface area contributed by atoms with E-state index in [0.717, 1.165) is 11.1 Å². The Morgan fingerprint density at radius 1 is 1.14 bits per heavy atom. The van der Waals surface area contributed by atoms with Gasteiger partial charge in [-0.05, 0) is 54.7 Å². The van der Waals surface area contributed by atoms with Gasteiger partial charge in [0.05, 0.1) is 18.4 Å². The Hall–Kier alpha value is -3.33. The molecule has 2 aromatic rings. The topological polar surface area (TPSA) is 99.4 Å². The van der Waals surface area contributed by atoms with Crippen molar-refractivity contribution in [3.8, 4) is 11.8 Å². The van der Waals surface area contributed by atoms with Crippen molar-refractivity contribution in [1.29, 1.82) is 5.26 Å². The SMILES string of the molecule is Cc1ccc(C(C)C)c(OC(C)C(=O)Nc2ccc(C(C#N)CC(=O)O)cc2)c1. The van der Waals surface area contributed by atoms with Crippen LogP contribution in [0.2, 0.25) is 0 Å². The summed E-state index contributed by atoms with van der Waals surface area (Å²) in [5.41, 5.74) is 3.25. The van der Waals surface area contributed by atoms with Crippen LogP contribution in [0.1, 0.15) is 55.7 Å². The Balaban J connectivity index is 2.06. The summed E-state index contributed by atoms with van der Waals surface area (Å²) in [5, 5.41) is 20.8. The molecule has 0 aliphatic heterocycles. The molecule has 29 heavy (non-hydrogen) atoms. The molecular weight excluding hydrogens is 368 g/mol. The van der Waals surface area contributed by atoms with Crippen LogP contribution >= 0.6 is 0 Å². The van der Waals surface area contributed by atoms with E-state index in [4.69, 9.17) is 15.1 Å². The van der Waals surface area contributed by atoms with E-state index in [1.54, 1.807) is 31.2 Å². The zero-order valence-electron chi connectivity index (χ0n) is 17.1. The van der Waals surface area contributed by atoms with Crippen LogP contribution in [0.15, 0.2) is 42.5 Å². The number of carbonyl (C=O) groups is 2. The van der Waals surface area contributed by atoms with E-state index in [-0.39, 0.29) is 18.2 Å². The predicted molar refractivity (Wildman–Crippen MR) is 111 cm³/mol. The van der Waals surface area contributed by atoms with E-state index in [2.05, 4.69) is 19.2 Å². The fourth-order valence-electron chi connectivity index (χ4n) is 2.92. The lowest BCUT2D eigenvalue weighted by Crippen LogP contribution is -2.30. The number of hydrogen-bond donors (Lipinski definition) is 2. The highest BCUT2D eigenvalue weighted by atomic mass is 16.5. The lowest BCUT2D eigenvalue weighted by atomic mass is 9.97. The van der Waals surface area contributed by atoms with Crippen LogP contribution in [-0.4, -0.2) is 23.1 Å². The third kappa shape index (κ3) is 6.08. The molecule has 0 saturated carbocycles. The number of nitriles is 1. The van der Waals surface area contributed by atoms with Crippen LogP contribution in [0.3, 0.4) is 0 Å². The molecule has 2 N–H and O–H groups in total. The molecule has 152 valence electrons. The van der Waals surface area contributed by atoms with Gasteiger partial charge in [0.2, 0.25) is 0 Å². The highest BCUT2D eigenvalue weighted by Crippen LogP contribution is 2.28. The summed E-state index contributed by atoms with van der Waals surface area (Å²) in [4.78, 5) is 23.4. The summed E-state index contributed by atoms with van der Waals surface area (Å²) in [5.74, 6) is -1.08. The van der Waals surface area contributed by atoms with Crippen molar-refractivity contribution in [3.05, 3.63) is 59.2 Å². The second kappa shape index (κ2) is 9.74. The minimum Gasteiger partial charge on any atom is -0.481 e. The van der Waals surface area contributed by atoms with Gasteiger partial charge in [-0.25, -0.2) is 0 Å². The monoisotopic (exact) mass is 394 g/mol. The van der Waals surface area contributed by atoms with Crippen molar-refractivity contribution in [2.75, 3.05) is 5.32 Å². The van der Waals surface area contributed by atoms with E-state index in [0.29, 0.717) is 17.0 Å². The van der Waals surface area contributed by atoms with E-state index in [1.807, 2.05) is 31.2 Å². The Labute approximate surface area is 171 Å². The Morgan fingerprint density at radius 2 is 1.79 bits per heavy atom. The summed E-state index contributed by atoms with van der Waals surface area (Å²) in [6.07, 6.45) is -0.963. The van der Waals surface area contributed by atoms with Crippen LogP contribution < -0.4 is 10.1 Å². The normalized spacial score (nSPS) is 12.7. The van der Waals surface area contributed by atoms with Crippen LogP contribution in [0.25, 0.3) is 0 Å². The average molecular weight is 394 g/mol. The lowest BCUT2D eigenvalue weighted by Gasteiger charge is -2.19. The maximum absolute atomic E-state index is 12.5. The van der Waals surface area contributed by atoms with Crippen molar-refractivity contribution >= 4 is 17.6 Å². The van der Waals surface area contributed by atoms with Crippen molar-refractivity contribution in [2.24, 2.45) is 0 Å². The minimum atomic E-state index is -1.03. The summed E-state index contributed by atoms with van der Waals surface area (Å²) < 4.78 is 5.92. The second-order valence-electron chi connectivity index (χ2n) is 7.35. The van der Waals surface area contributed by atoms with Gasteiger partial charge in [-0.2, -0.15) is 5.26 Å². The first-order valence-electron chi connectivity index (χ1n) is 9.50. The summed E-state index contributed by atoms with van der Waals surface area (Å²) in [6.45, 7) is 7.81. The zero-order valence-corrected chi connectivity index (χ0v) is 17.1. The van der Waals surface area contributed by atoms with Gasteiger partial charge in [-0.15, -0.1) is 0 Å². The van der Waals surface area contributed by atoms with Gasteiger partial charge in [0.1, 0.15) is 5.75 Å². The number of nitrogens with one attached hydrogen (secondary N) is 1. The molecule has 1 amide bonds. The van der Waals surface area contributed by atoms with E-state index >= 15 is 0 Å². The lowest BCUT2D eigenvalue weighted by molar-refractivity contribution is -0.137. The van der Waals surface area contributed by atoms with Crippen LogP contribution in [0.5, 0.6) is 5.75 Å². The smallest absolute Gasteiger partial charge is 0.305 e. The van der Waals surface area contributed by atoms with Crippen LogP contribution in [0, 0.1) is 18.3 Å². The molecule has 0 saturated heterocycles. The van der Waals surface area contributed by atoms with Gasteiger partial charge in [0.15, 0.2) is 6.10 Å². The molecule has 2 unspecified atom stereocenters. The fraction of sp³-hybridized carbons (Fsp3) is 0.348. The standard InChI is InChI=1S/C23H26N2O4/c1-14(2)20-10-5-15(3)11-21(20)29-16(4)23(28)25-19-8-6-17(7-9-19)18(13-24)12-22(26)27/h5-11,14,16,18H,12H2,1-4H3,(H,25,28)(H,26,27). The number of amides is 1. The number of nitrogens with zero attached hydrogens (tertiary/aromatic N) is 1. The average Bonchev–Trinajstić information content (AvgIpc) is 2.66. The number of benzene rings is 2. The van der Waals surface area contributed by atoms with E-state index < -0.39 is 18.0 Å². The largest absolute Gasteiger partial charge is 0.481 e. The number of ether oxygens (including phenoxy) is 1. The Morgan fingerprint density at radius 3 is 2.34 bits per heavy atom. The summed E-state index contributed by atoms with van der Waals surface area (Å²) >= 11 is 0. The van der Waals surface area contributed by atoms with Gasteiger partial charge in [-0.3, -0.25) is 9.59 Å². The van der Waals surface area contributed by atoms with Crippen LogP contribution in [0.4, 0.5) is 5.69 Å². The molecule has 0 heterocycles. The van der Waals surface area contributed by atoms with Gasteiger partial charge in [0, 0.05) is 5.69 Å². The molecule has 2 rings (SSSR count). The molecule has 0 radical (unpaired) electrons.